The highest BCUT2D eigenvalue weighted by Crippen LogP contribution is 2.29. The van der Waals surface area contributed by atoms with Gasteiger partial charge in [0, 0.05) is 17.1 Å². The Hall–Kier alpha value is -2.30. The molecule has 4 nitrogen and oxygen atoms in total. The van der Waals surface area contributed by atoms with Crippen molar-refractivity contribution in [3.05, 3.63) is 64.3 Å². The Morgan fingerprint density at radius 1 is 1.00 bits per heavy atom. The van der Waals surface area contributed by atoms with Crippen LogP contribution in [-0.4, -0.2) is 16.7 Å². The number of rotatable bonds is 3. The number of aromatic nitrogens is 1. The lowest BCUT2D eigenvalue weighted by Gasteiger charge is -2.07. The van der Waals surface area contributed by atoms with Gasteiger partial charge in [-0.1, -0.05) is 47.5 Å². The molecule has 1 aromatic heterocycles. The number of carbonyl (C=O) groups is 2. The predicted molar refractivity (Wildman–Crippen MR) is 87.7 cm³/mol. The number of Topliss-reactive ketones (excluding diaryl/α,β-unsaturated/α-hetero) is 1. The topological polar surface area (TPSA) is 62.0 Å². The van der Waals surface area contributed by atoms with Crippen molar-refractivity contribution in [2.24, 2.45) is 0 Å². The monoisotopic (exact) mass is 332 g/mol. The summed E-state index contributed by atoms with van der Waals surface area (Å²) < 4.78 is 0. The van der Waals surface area contributed by atoms with Crippen molar-refractivity contribution in [1.29, 1.82) is 0 Å². The summed E-state index contributed by atoms with van der Waals surface area (Å²) in [7, 11) is 0. The molecule has 1 heterocycles. The zero-order valence-corrected chi connectivity index (χ0v) is 12.7. The molecule has 0 aliphatic carbocycles. The number of amides is 1. The number of fused-ring (bicyclic) bond motifs is 1. The number of benzene rings is 2. The zero-order valence-electron chi connectivity index (χ0n) is 11.2. The first-order valence-electron chi connectivity index (χ1n) is 6.43. The Morgan fingerprint density at radius 3 is 2.59 bits per heavy atom. The minimum absolute atomic E-state index is 0.198. The minimum atomic E-state index is -0.770. The third-order valence-electron chi connectivity index (χ3n) is 3.24. The van der Waals surface area contributed by atoms with Crippen LogP contribution in [0, 0.1) is 0 Å². The SMILES string of the molecule is O=C(Nc1cccc(Cl)c1Cl)C(=O)c1c[nH]c2ccccc12. The summed E-state index contributed by atoms with van der Waals surface area (Å²) in [4.78, 5) is 27.4. The quantitative estimate of drug-likeness (QED) is 0.555. The van der Waals surface area contributed by atoms with E-state index in [-0.39, 0.29) is 5.02 Å². The fourth-order valence-electron chi connectivity index (χ4n) is 2.16. The van der Waals surface area contributed by atoms with Crippen LogP contribution in [0.4, 0.5) is 5.69 Å². The molecule has 0 radical (unpaired) electrons. The van der Waals surface area contributed by atoms with Gasteiger partial charge in [-0.25, -0.2) is 0 Å². The number of anilines is 1. The van der Waals surface area contributed by atoms with Crippen LogP contribution in [0.5, 0.6) is 0 Å². The summed E-state index contributed by atoms with van der Waals surface area (Å²) in [6.45, 7) is 0. The van der Waals surface area contributed by atoms with Gasteiger partial charge in [-0.15, -0.1) is 0 Å². The zero-order chi connectivity index (χ0) is 15.7. The molecule has 2 aromatic carbocycles. The number of ketones is 1. The lowest BCUT2D eigenvalue weighted by molar-refractivity contribution is -0.112. The van der Waals surface area contributed by atoms with E-state index in [1.54, 1.807) is 30.3 Å². The maximum absolute atomic E-state index is 12.3. The summed E-state index contributed by atoms with van der Waals surface area (Å²) in [5, 5.41) is 3.68. The first-order chi connectivity index (χ1) is 10.6. The molecular formula is C16H10Cl2N2O2. The van der Waals surface area contributed by atoms with Gasteiger partial charge in [0.05, 0.1) is 21.3 Å². The van der Waals surface area contributed by atoms with Crippen LogP contribution in [0.1, 0.15) is 10.4 Å². The minimum Gasteiger partial charge on any atom is -0.360 e. The van der Waals surface area contributed by atoms with Crippen molar-refractivity contribution in [3.8, 4) is 0 Å². The highest BCUT2D eigenvalue weighted by Gasteiger charge is 2.20. The maximum Gasteiger partial charge on any atom is 0.296 e. The molecule has 0 bridgehead atoms. The summed E-state index contributed by atoms with van der Waals surface area (Å²) in [5.41, 5.74) is 1.40. The second-order valence-electron chi connectivity index (χ2n) is 4.63. The van der Waals surface area contributed by atoms with Gasteiger partial charge in [0.25, 0.3) is 11.7 Å². The predicted octanol–water partition coefficient (Wildman–Crippen LogP) is 4.30. The van der Waals surface area contributed by atoms with Gasteiger partial charge in [-0.3, -0.25) is 9.59 Å². The molecule has 0 aliphatic heterocycles. The second-order valence-corrected chi connectivity index (χ2v) is 5.42. The van der Waals surface area contributed by atoms with Crippen LogP contribution in [0.15, 0.2) is 48.7 Å². The largest absolute Gasteiger partial charge is 0.360 e. The molecule has 3 aromatic rings. The van der Waals surface area contributed by atoms with E-state index in [2.05, 4.69) is 10.3 Å². The number of hydrogen-bond donors (Lipinski definition) is 2. The van der Waals surface area contributed by atoms with Gasteiger partial charge in [-0.2, -0.15) is 0 Å². The number of nitrogens with one attached hydrogen (secondary N) is 2. The van der Waals surface area contributed by atoms with Crippen LogP contribution in [0.25, 0.3) is 10.9 Å². The molecule has 1 amide bonds. The molecule has 0 atom stereocenters. The highest BCUT2D eigenvalue weighted by molar-refractivity contribution is 6.50. The third kappa shape index (κ3) is 2.58. The third-order valence-corrected chi connectivity index (χ3v) is 4.06. The number of para-hydroxylation sites is 1. The Kier molecular flexibility index (Phi) is 3.88. The van der Waals surface area contributed by atoms with Crippen molar-refractivity contribution < 1.29 is 9.59 Å². The van der Waals surface area contributed by atoms with Gasteiger partial charge in [-0.05, 0) is 18.2 Å². The van der Waals surface area contributed by atoms with E-state index < -0.39 is 11.7 Å². The van der Waals surface area contributed by atoms with E-state index in [1.807, 2.05) is 12.1 Å². The number of halogens is 2. The van der Waals surface area contributed by atoms with E-state index in [1.165, 1.54) is 6.20 Å². The molecule has 2 N–H and O–H groups in total. The van der Waals surface area contributed by atoms with E-state index in [9.17, 15) is 9.59 Å². The highest BCUT2D eigenvalue weighted by atomic mass is 35.5. The second kappa shape index (κ2) is 5.83. The first kappa shape index (κ1) is 14.6. The number of H-pyrrole nitrogens is 1. The fourth-order valence-corrected chi connectivity index (χ4v) is 2.51. The van der Waals surface area contributed by atoms with Crippen molar-refractivity contribution in [3.63, 3.8) is 0 Å². The lowest BCUT2D eigenvalue weighted by Crippen LogP contribution is -2.22. The van der Waals surface area contributed by atoms with Gasteiger partial charge in [0.15, 0.2) is 0 Å². The molecule has 0 aliphatic rings. The summed E-state index contributed by atoms with van der Waals surface area (Å²) in [5.74, 6) is -1.41. The van der Waals surface area contributed by atoms with Crippen LogP contribution < -0.4 is 5.32 Å². The first-order valence-corrected chi connectivity index (χ1v) is 7.19. The average Bonchev–Trinajstić information content (AvgIpc) is 2.95. The number of hydrogen-bond acceptors (Lipinski definition) is 2. The Balaban J connectivity index is 1.89. The van der Waals surface area contributed by atoms with Gasteiger partial charge in [0.2, 0.25) is 0 Å². The van der Waals surface area contributed by atoms with E-state index in [4.69, 9.17) is 23.2 Å². The molecule has 0 fully saturated rings. The van der Waals surface area contributed by atoms with Crippen LogP contribution in [0.2, 0.25) is 10.0 Å². The van der Waals surface area contributed by atoms with Gasteiger partial charge >= 0.3 is 0 Å². The average molecular weight is 333 g/mol. The molecule has 0 saturated heterocycles. The summed E-state index contributed by atoms with van der Waals surface area (Å²) in [6.07, 6.45) is 1.52. The molecule has 0 spiro atoms. The van der Waals surface area contributed by atoms with Crippen LogP contribution in [-0.2, 0) is 4.79 Å². The van der Waals surface area contributed by atoms with Gasteiger partial charge < -0.3 is 10.3 Å². The summed E-state index contributed by atoms with van der Waals surface area (Å²) in [6, 6.07) is 12.1. The molecule has 0 saturated carbocycles. The van der Waals surface area contributed by atoms with Gasteiger partial charge in [0.1, 0.15) is 0 Å². The van der Waals surface area contributed by atoms with E-state index >= 15 is 0 Å². The van der Waals surface area contributed by atoms with E-state index in [0.717, 1.165) is 5.52 Å². The Labute approximate surface area is 136 Å². The fraction of sp³-hybridized carbons (Fsp3) is 0. The molecule has 0 unspecified atom stereocenters. The molecule has 110 valence electrons. The molecule has 22 heavy (non-hydrogen) atoms. The van der Waals surface area contributed by atoms with Crippen molar-refractivity contribution in [2.75, 3.05) is 5.32 Å². The van der Waals surface area contributed by atoms with Crippen molar-refractivity contribution >= 4 is 51.5 Å². The summed E-state index contributed by atoms with van der Waals surface area (Å²) >= 11 is 11.9. The van der Waals surface area contributed by atoms with Crippen LogP contribution in [0.3, 0.4) is 0 Å². The number of carbonyl (C=O) groups excluding carboxylic acids is 2. The van der Waals surface area contributed by atoms with Crippen LogP contribution >= 0.6 is 23.2 Å². The Morgan fingerprint density at radius 2 is 1.77 bits per heavy atom. The molecule has 3 rings (SSSR count). The van der Waals surface area contributed by atoms with Crippen molar-refractivity contribution in [1.82, 2.24) is 4.98 Å². The standard InChI is InChI=1S/C16H10Cl2N2O2/c17-11-5-3-7-13(14(11)18)20-16(22)15(21)10-8-19-12-6-2-1-4-9(10)12/h1-8,19H,(H,20,22). The lowest BCUT2D eigenvalue weighted by atomic mass is 10.1. The number of aromatic amines is 1. The smallest absolute Gasteiger partial charge is 0.296 e. The normalized spacial score (nSPS) is 10.6. The Bertz CT molecular complexity index is 887. The molecule has 6 heteroatoms. The molecular weight excluding hydrogens is 323 g/mol. The maximum atomic E-state index is 12.3. The van der Waals surface area contributed by atoms with E-state index in [0.29, 0.717) is 21.7 Å². The van der Waals surface area contributed by atoms with Crippen molar-refractivity contribution in [2.45, 2.75) is 0 Å².